The molecule has 2 aromatic carbocycles. The number of hydrogen-bond donors (Lipinski definition) is 2. The minimum absolute atomic E-state index is 0.215. The molecule has 7 heteroatoms. The Bertz CT molecular complexity index is 1070. The fraction of sp³-hybridized carbons (Fsp3) is 0.150. The van der Waals surface area contributed by atoms with Crippen molar-refractivity contribution in [1.29, 1.82) is 0 Å². The zero-order chi connectivity index (χ0) is 18.6. The summed E-state index contributed by atoms with van der Waals surface area (Å²) in [4.78, 5) is 18.2. The average molecular weight is 378 g/mol. The van der Waals surface area contributed by atoms with Gasteiger partial charge >= 0.3 is 0 Å². The Morgan fingerprint density at radius 3 is 2.74 bits per heavy atom. The first-order valence-corrected chi connectivity index (χ1v) is 9.36. The first-order valence-electron chi connectivity index (χ1n) is 8.55. The monoisotopic (exact) mass is 378 g/mol. The smallest absolute Gasteiger partial charge is 0.271 e. The van der Waals surface area contributed by atoms with Crippen LogP contribution in [0.25, 0.3) is 32.0 Å². The highest BCUT2D eigenvalue weighted by Gasteiger charge is 2.22. The molecule has 0 atom stereocenters. The van der Waals surface area contributed by atoms with Crippen LogP contribution >= 0.6 is 11.3 Å². The van der Waals surface area contributed by atoms with Gasteiger partial charge in [-0.25, -0.2) is 4.98 Å². The van der Waals surface area contributed by atoms with Crippen LogP contribution in [0.1, 0.15) is 10.5 Å². The number of thiazole rings is 1. The summed E-state index contributed by atoms with van der Waals surface area (Å²) in [5, 5.41) is 12.0. The number of para-hydroxylation sites is 1. The van der Waals surface area contributed by atoms with Gasteiger partial charge in [0.1, 0.15) is 16.4 Å². The Morgan fingerprint density at radius 2 is 1.93 bits per heavy atom. The van der Waals surface area contributed by atoms with Gasteiger partial charge in [0.05, 0.1) is 17.0 Å². The third-order valence-corrected chi connectivity index (χ3v) is 5.25. The molecule has 6 nitrogen and oxygen atoms in total. The lowest BCUT2D eigenvalue weighted by Gasteiger charge is -2.04. The Morgan fingerprint density at radius 1 is 1.15 bits per heavy atom. The van der Waals surface area contributed by atoms with Crippen LogP contribution in [0.15, 0.2) is 54.6 Å². The zero-order valence-electron chi connectivity index (χ0n) is 14.7. The van der Waals surface area contributed by atoms with Crippen molar-refractivity contribution in [3.8, 4) is 21.1 Å². The molecule has 4 rings (SSSR count). The van der Waals surface area contributed by atoms with Crippen molar-refractivity contribution in [2.24, 2.45) is 0 Å². The Hall–Kier alpha value is -3.03. The van der Waals surface area contributed by atoms with Crippen LogP contribution in [0.3, 0.4) is 0 Å². The topological polar surface area (TPSA) is 79.9 Å². The molecule has 4 aromatic rings. The van der Waals surface area contributed by atoms with Crippen molar-refractivity contribution in [1.82, 2.24) is 20.5 Å². The molecule has 1 amide bonds. The maximum atomic E-state index is 12.7. The van der Waals surface area contributed by atoms with Gasteiger partial charge in [-0.1, -0.05) is 48.5 Å². The summed E-state index contributed by atoms with van der Waals surface area (Å²) in [6.45, 7) is 0.884. The molecule has 0 saturated carbocycles. The number of ether oxygens (including phenoxy) is 1. The van der Waals surface area contributed by atoms with Crippen LogP contribution in [-0.2, 0) is 4.74 Å². The van der Waals surface area contributed by atoms with E-state index in [1.807, 2.05) is 54.6 Å². The predicted molar refractivity (Wildman–Crippen MR) is 107 cm³/mol. The highest BCUT2D eigenvalue weighted by atomic mass is 32.1. The molecular weight excluding hydrogens is 360 g/mol. The fourth-order valence-electron chi connectivity index (χ4n) is 2.84. The molecule has 0 radical (unpaired) electrons. The maximum Gasteiger partial charge on any atom is 0.271 e. The summed E-state index contributed by atoms with van der Waals surface area (Å²) >= 11 is 1.47. The van der Waals surface area contributed by atoms with Gasteiger partial charge in [-0.15, -0.1) is 11.3 Å². The van der Waals surface area contributed by atoms with E-state index in [1.165, 1.54) is 11.3 Å². The van der Waals surface area contributed by atoms with E-state index in [-0.39, 0.29) is 5.91 Å². The van der Waals surface area contributed by atoms with Gasteiger partial charge < -0.3 is 10.1 Å². The van der Waals surface area contributed by atoms with Gasteiger partial charge in [0.15, 0.2) is 0 Å². The second-order valence-corrected chi connectivity index (χ2v) is 6.93. The van der Waals surface area contributed by atoms with Crippen LogP contribution in [-0.4, -0.2) is 41.3 Å². The molecule has 0 aliphatic carbocycles. The van der Waals surface area contributed by atoms with Crippen LogP contribution in [0, 0.1) is 0 Å². The number of fused-ring (bicyclic) bond motifs is 1. The zero-order valence-corrected chi connectivity index (χ0v) is 15.5. The van der Waals surface area contributed by atoms with E-state index in [0.29, 0.717) is 23.9 Å². The van der Waals surface area contributed by atoms with E-state index < -0.39 is 0 Å². The number of aromatic nitrogens is 3. The number of nitrogens with one attached hydrogen (secondary N) is 2. The fourth-order valence-corrected chi connectivity index (χ4v) is 3.91. The van der Waals surface area contributed by atoms with Crippen LogP contribution < -0.4 is 5.32 Å². The van der Waals surface area contributed by atoms with Crippen LogP contribution in [0.4, 0.5) is 0 Å². The molecule has 2 aromatic heterocycles. The van der Waals surface area contributed by atoms with Crippen LogP contribution in [0.2, 0.25) is 0 Å². The Labute approximate surface area is 160 Å². The van der Waals surface area contributed by atoms with Crippen molar-refractivity contribution in [2.75, 3.05) is 20.3 Å². The molecule has 0 spiro atoms. The predicted octanol–water partition coefficient (Wildman–Crippen LogP) is 3.73. The van der Waals surface area contributed by atoms with Crippen molar-refractivity contribution < 1.29 is 9.53 Å². The number of nitrogens with zero attached hydrogens (tertiary/aromatic N) is 2. The quantitative estimate of drug-likeness (QED) is 0.501. The van der Waals surface area contributed by atoms with E-state index >= 15 is 0 Å². The SMILES string of the molecule is COCCNC(=O)c1nc(-c2n[nH]c3ccccc23)sc1-c1ccccc1. The number of carbonyl (C=O) groups excluding carboxylic acids is 1. The number of H-pyrrole nitrogens is 1. The number of hydrogen-bond acceptors (Lipinski definition) is 5. The van der Waals surface area contributed by atoms with Crippen molar-refractivity contribution >= 4 is 28.1 Å². The van der Waals surface area contributed by atoms with Crippen molar-refractivity contribution in [3.05, 3.63) is 60.3 Å². The number of methoxy groups -OCH3 is 1. The summed E-state index contributed by atoms with van der Waals surface area (Å²) in [6.07, 6.45) is 0. The molecule has 136 valence electrons. The van der Waals surface area contributed by atoms with Crippen molar-refractivity contribution in [3.63, 3.8) is 0 Å². The molecule has 2 N–H and O–H groups in total. The first kappa shape index (κ1) is 17.4. The molecular formula is C20H18N4O2S. The molecule has 0 aliphatic heterocycles. The summed E-state index contributed by atoms with van der Waals surface area (Å²) in [5.41, 5.74) is 3.06. The van der Waals surface area contributed by atoms with E-state index in [0.717, 1.165) is 27.0 Å². The van der Waals surface area contributed by atoms with Gasteiger partial charge in [0.2, 0.25) is 0 Å². The lowest BCUT2D eigenvalue weighted by Crippen LogP contribution is -2.27. The molecule has 0 saturated heterocycles. The second kappa shape index (κ2) is 7.69. The maximum absolute atomic E-state index is 12.7. The molecule has 27 heavy (non-hydrogen) atoms. The third kappa shape index (κ3) is 3.47. The third-order valence-electron chi connectivity index (χ3n) is 4.14. The normalized spacial score (nSPS) is 11.0. The second-order valence-electron chi connectivity index (χ2n) is 5.93. The Kier molecular flexibility index (Phi) is 4.95. The highest BCUT2D eigenvalue weighted by Crippen LogP contribution is 2.37. The van der Waals surface area contributed by atoms with Gasteiger partial charge in [-0.3, -0.25) is 9.89 Å². The summed E-state index contributed by atoms with van der Waals surface area (Å²) in [7, 11) is 1.60. The summed E-state index contributed by atoms with van der Waals surface area (Å²) < 4.78 is 5.01. The lowest BCUT2D eigenvalue weighted by atomic mass is 10.1. The van der Waals surface area contributed by atoms with Gasteiger partial charge in [0.25, 0.3) is 5.91 Å². The average Bonchev–Trinajstić information content (AvgIpc) is 3.33. The largest absolute Gasteiger partial charge is 0.383 e. The summed E-state index contributed by atoms with van der Waals surface area (Å²) in [5.74, 6) is -0.215. The van der Waals surface area contributed by atoms with Gasteiger partial charge in [-0.2, -0.15) is 5.10 Å². The number of carbonyl (C=O) groups is 1. The van der Waals surface area contributed by atoms with E-state index in [9.17, 15) is 4.79 Å². The number of aromatic amines is 1. The minimum atomic E-state index is -0.215. The standard InChI is InChI=1S/C20H18N4O2S/c1-26-12-11-21-19(25)17-18(13-7-3-2-4-8-13)27-20(22-17)16-14-9-5-6-10-15(14)23-24-16/h2-10H,11-12H2,1H3,(H,21,25)(H,23,24). The van der Waals surface area contributed by atoms with Gasteiger partial charge in [-0.05, 0) is 11.6 Å². The molecule has 0 aliphatic rings. The molecule has 0 unspecified atom stereocenters. The van der Waals surface area contributed by atoms with Gasteiger partial charge in [0, 0.05) is 19.0 Å². The Balaban J connectivity index is 1.79. The lowest BCUT2D eigenvalue weighted by molar-refractivity contribution is 0.0933. The van der Waals surface area contributed by atoms with E-state index in [1.54, 1.807) is 7.11 Å². The number of amides is 1. The molecule has 2 heterocycles. The number of rotatable bonds is 6. The molecule has 0 bridgehead atoms. The first-order chi connectivity index (χ1) is 13.3. The van der Waals surface area contributed by atoms with Crippen LogP contribution in [0.5, 0.6) is 0 Å². The number of benzene rings is 2. The highest BCUT2D eigenvalue weighted by molar-refractivity contribution is 7.18. The van der Waals surface area contributed by atoms with E-state index in [4.69, 9.17) is 4.74 Å². The minimum Gasteiger partial charge on any atom is -0.383 e. The summed E-state index contributed by atoms with van der Waals surface area (Å²) in [6, 6.07) is 17.7. The van der Waals surface area contributed by atoms with E-state index in [2.05, 4.69) is 20.5 Å². The molecule has 0 fully saturated rings. The van der Waals surface area contributed by atoms with Crippen molar-refractivity contribution in [2.45, 2.75) is 0 Å².